The minimum Gasteiger partial charge on any atom is -0.370 e. The van der Waals surface area contributed by atoms with Crippen LogP contribution in [0, 0.1) is 0 Å². The molecule has 2 aliphatic rings. The summed E-state index contributed by atoms with van der Waals surface area (Å²) in [5, 5.41) is 6.79. The molecule has 2 aliphatic heterocycles. The van der Waals surface area contributed by atoms with Gasteiger partial charge in [-0.1, -0.05) is 41.4 Å². The first-order valence-corrected chi connectivity index (χ1v) is 8.48. The predicted octanol–water partition coefficient (Wildman–Crippen LogP) is 2.51. The third kappa shape index (κ3) is 2.48. The van der Waals surface area contributed by atoms with Crippen LogP contribution in [0.2, 0.25) is 10.0 Å². The van der Waals surface area contributed by atoms with Crippen LogP contribution in [-0.2, 0) is 10.5 Å². The lowest BCUT2D eigenvalue weighted by Crippen LogP contribution is -2.50. The molecule has 26 heavy (non-hydrogen) atoms. The number of rotatable bonds is 1. The summed E-state index contributed by atoms with van der Waals surface area (Å²) in [5.74, 6) is 0.0517. The quantitative estimate of drug-likeness (QED) is 0.699. The van der Waals surface area contributed by atoms with Crippen LogP contribution in [0.15, 0.2) is 52.4 Å². The Hall–Kier alpha value is -2.77. The Bertz CT molecular complexity index is 989. The molecule has 0 radical (unpaired) electrons. The van der Waals surface area contributed by atoms with Gasteiger partial charge < -0.3 is 16.0 Å². The SMILES string of the molecule is CN1C(=O)[C@]2(N=C(N)NC(Nc3ccc(Cl)cc3Cl)=N2)c2ccccc21. The standard InChI is InChI=1S/C17H14Cl2N6O/c1-25-13-5-3-2-4-10(13)17(14(25)26)23-15(20)22-16(24-17)21-12-7-6-9(18)8-11(12)19/h2-8H,1H3,(H4,20,21,22,23,24)/t17-/m0/s1. The average Bonchev–Trinajstić information content (AvgIpc) is 2.80. The molecule has 1 spiro atoms. The lowest BCUT2D eigenvalue weighted by molar-refractivity contribution is -0.122. The first-order valence-electron chi connectivity index (χ1n) is 7.73. The minimum atomic E-state index is -1.46. The fraction of sp³-hybridized carbons (Fsp3) is 0.118. The summed E-state index contributed by atoms with van der Waals surface area (Å²) in [6.45, 7) is 0. The van der Waals surface area contributed by atoms with Crippen molar-refractivity contribution in [2.24, 2.45) is 15.7 Å². The highest BCUT2D eigenvalue weighted by atomic mass is 35.5. The van der Waals surface area contributed by atoms with Crippen LogP contribution in [0.4, 0.5) is 11.4 Å². The monoisotopic (exact) mass is 388 g/mol. The molecule has 0 unspecified atom stereocenters. The highest BCUT2D eigenvalue weighted by Gasteiger charge is 2.52. The molecule has 0 fully saturated rings. The van der Waals surface area contributed by atoms with E-state index in [1.807, 2.05) is 24.3 Å². The number of amides is 1. The fourth-order valence-corrected chi connectivity index (χ4v) is 3.51. The number of likely N-dealkylation sites (N-methyl/N-ethyl adjacent to an activating group) is 1. The maximum Gasteiger partial charge on any atom is 0.282 e. The average molecular weight is 389 g/mol. The molecule has 7 nitrogen and oxygen atoms in total. The van der Waals surface area contributed by atoms with Crippen molar-refractivity contribution in [3.63, 3.8) is 0 Å². The topological polar surface area (TPSA) is 95.1 Å². The maximum absolute atomic E-state index is 13.0. The second-order valence-electron chi connectivity index (χ2n) is 5.89. The molecule has 132 valence electrons. The number of nitrogens with one attached hydrogen (secondary N) is 2. The van der Waals surface area contributed by atoms with Crippen LogP contribution in [0.3, 0.4) is 0 Å². The second kappa shape index (κ2) is 5.89. The van der Waals surface area contributed by atoms with Crippen LogP contribution >= 0.6 is 23.2 Å². The summed E-state index contributed by atoms with van der Waals surface area (Å²) >= 11 is 12.1. The molecule has 0 bridgehead atoms. The van der Waals surface area contributed by atoms with Crippen molar-refractivity contribution in [2.75, 3.05) is 17.3 Å². The molecule has 1 atom stereocenters. The van der Waals surface area contributed by atoms with Crippen LogP contribution in [0.1, 0.15) is 5.56 Å². The van der Waals surface area contributed by atoms with Crippen molar-refractivity contribution in [2.45, 2.75) is 5.66 Å². The van der Waals surface area contributed by atoms with E-state index in [1.54, 1.807) is 25.2 Å². The van der Waals surface area contributed by atoms with Gasteiger partial charge in [-0.25, -0.2) is 9.98 Å². The highest BCUT2D eigenvalue weighted by molar-refractivity contribution is 6.36. The van der Waals surface area contributed by atoms with E-state index < -0.39 is 5.66 Å². The van der Waals surface area contributed by atoms with Crippen molar-refractivity contribution in [1.82, 2.24) is 5.32 Å². The van der Waals surface area contributed by atoms with Crippen molar-refractivity contribution >= 4 is 52.4 Å². The number of carbonyl (C=O) groups is 1. The van der Waals surface area contributed by atoms with Gasteiger partial charge in [0.15, 0.2) is 5.96 Å². The molecular weight excluding hydrogens is 375 g/mol. The molecule has 2 aromatic rings. The summed E-state index contributed by atoms with van der Waals surface area (Å²) < 4.78 is 0. The number of benzene rings is 2. The number of fused-ring (bicyclic) bond motifs is 2. The highest BCUT2D eigenvalue weighted by Crippen LogP contribution is 2.44. The number of anilines is 2. The molecule has 0 saturated heterocycles. The van der Waals surface area contributed by atoms with Crippen LogP contribution in [0.5, 0.6) is 0 Å². The molecule has 1 amide bonds. The van der Waals surface area contributed by atoms with Gasteiger partial charge in [-0.15, -0.1) is 0 Å². The minimum absolute atomic E-state index is 0.0750. The van der Waals surface area contributed by atoms with Crippen LogP contribution in [0.25, 0.3) is 0 Å². The van der Waals surface area contributed by atoms with Crippen molar-refractivity contribution in [3.05, 3.63) is 58.1 Å². The van der Waals surface area contributed by atoms with Crippen molar-refractivity contribution in [3.8, 4) is 0 Å². The largest absolute Gasteiger partial charge is 0.370 e. The summed E-state index contributed by atoms with van der Waals surface area (Å²) in [6, 6.07) is 12.3. The molecule has 2 heterocycles. The second-order valence-corrected chi connectivity index (χ2v) is 6.73. The summed E-state index contributed by atoms with van der Waals surface area (Å²) in [7, 11) is 1.68. The number of nitrogens with two attached hydrogens (primary N) is 1. The third-order valence-corrected chi connectivity index (χ3v) is 4.78. The maximum atomic E-state index is 13.0. The summed E-state index contributed by atoms with van der Waals surface area (Å²) in [6.07, 6.45) is 0. The van der Waals surface area contributed by atoms with Gasteiger partial charge in [-0.2, -0.15) is 0 Å². The van der Waals surface area contributed by atoms with Gasteiger partial charge in [0.05, 0.1) is 16.4 Å². The smallest absolute Gasteiger partial charge is 0.282 e. The number of aliphatic imine (C=N–C) groups is 2. The number of halogens is 2. The van der Waals surface area contributed by atoms with E-state index in [1.165, 1.54) is 4.90 Å². The zero-order valence-corrected chi connectivity index (χ0v) is 15.1. The molecule has 0 saturated carbocycles. The van der Waals surface area contributed by atoms with Gasteiger partial charge >= 0.3 is 0 Å². The van der Waals surface area contributed by atoms with E-state index >= 15 is 0 Å². The number of nitrogens with zero attached hydrogens (tertiary/aromatic N) is 3. The van der Waals surface area contributed by atoms with Crippen LogP contribution in [-0.4, -0.2) is 24.9 Å². The van der Waals surface area contributed by atoms with Gasteiger partial charge in [-0.3, -0.25) is 10.1 Å². The summed E-state index contributed by atoms with van der Waals surface area (Å²) in [4.78, 5) is 23.3. The Morgan fingerprint density at radius 2 is 1.96 bits per heavy atom. The van der Waals surface area contributed by atoms with E-state index in [4.69, 9.17) is 28.9 Å². The molecule has 9 heteroatoms. The van der Waals surface area contributed by atoms with E-state index in [0.29, 0.717) is 21.3 Å². The van der Waals surface area contributed by atoms with E-state index in [2.05, 4.69) is 20.6 Å². The lowest BCUT2D eigenvalue weighted by atomic mass is 10.0. The zero-order chi connectivity index (χ0) is 18.5. The van der Waals surface area contributed by atoms with Gasteiger partial charge in [-0.05, 0) is 24.3 Å². The lowest BCUT2D eigenvalue weighted by Gasteiger charge is -2.27. The number of hydrogen-bond donors (Lipinski definition) is 3. The fourth-order valence-electron chi connectivity index (χ4n) is 3.05. The van der Waals surface area contributed by atoms with Crippen LogP contribution < -0.4 is 21.3 Å². The normalized spacial score (nSPS) is 21.2. The Kier molecular flexibility index (Phi) is 3.78. The molecule has 0 aromatic heterocycles. The van der Waals surface area contributed by atoms with Crippen molar-refractivity contribution in [1.29, 1.82) is 0 Å². The molecule has 4 rings (SSSR count). The third-order valence-electron chi connectivity index (χ3n) is 4.23. The molecule has 2 aromatic carbocycles. The Balaban J connectivity index is 1.80. The number of para-hydroxylation sites is 1. The van der Waals surface area contributed by atoms with Gasteiger partial charge in [0.25, 0.3) is 11.6 Å². The first-order chi connectivity index (χ1) is 12.4. The predicted molar refractivity (Wildman–Crippen MR) is 104 cm³/mol. The Morgan fingerprint density at radius 1 is 1.19 bits per heavy atom. The number of hydrogen-bond acceptors (Lipinski definition) is 6. The number of carbonyl (C=O) groups excluding carboxylic acids is 1. The Labute approximate surface area is 159 Å². The van der Waals surface area contributed by atoms with Gasteiger partial charge in [0.1, 0.15) is 0 Å². The molecule has 0 aliphatic carbocycles. The summed E-state index contributed by atoms with van der Waals surface area (Å²) in [5.41, 5.74) is 6.47. The molecular formula is C17H14Cl2N6O. The van der Waals surface area contributed by atoms with E-state index in [0.717, 1.165) is 5.69 Å². The van der Waals surface area contributed by atoms with Crippen molar-refractivity contribution < 1.29 is 4.79 Å². The Morgan fingerprint density at radius 3 is 2.73 bits per heavy atom. The molecule has 4 N–H and O–H groups in total. The number of guanidine groups is 2. The van der Waals surface area contributed by atoms with E-state index in [9.17, 15) is 4.79 Å². The van der Waals surface area contributed by atoms with E-state index in [-0.39, 0.29) is 17.8 Å². The van der Waals surface area contributed by atoms with Gasteiger partial charge in [0.2, 0.25) is 5.96 Å². The van der Waals surface area contributed by atoms with Gasteiger partial charge in [0, 0.05) is 17.6 Å². The first kappa shape index (κ1) is 16.7. The zero-order valence-electron chi connectivity index (χ0n) is 13.6.